The number of methoxy groups -OCH3 is 1. The number of nitrogens with one attached hydrogen (secondary N) is 2. The molecule has 4 atom stereocenters. The van der Waals surface area contributed by atoms with Gasteiger partial charge in [-0.25, -0.2) is 9.59 Å². The number of amides is 3. The number of carbonyl (C=O) groups is 4. The number of nitrogens with zero attached hydrogens (tertiary/aromatic N) is 1. The van der Waals surface area contributed by atoms with Gasteiger partial charge in [0.25, 0.3) is 5.91 Å². The van der Waals surface area contributed by atoms with E-state index in [1.165, 1.54) is 23.8 Å². The molecule has 0 aromatic heterocycles. The standard InChI is InChI=1S/C26H35N3O7S/c1-14(2)13-35-25(33)28-17(16-11-9-8-10-12-16)20(30)27-18-21(31)29-19(23(32)36-26(4,5)6)15(3)24(34-7)37-22(18)29/h8-12,14,17-18,22,24H,13H2,1-7H3,(H,27,30)(H,28,33)/t17?,18-,22+,24-/m0/s1. The number of rotatable bonds is 8. The summed E-state index contributed by atoms with van der Waals surface area (Å²) in [4.78, 5) is 53.3. The molecule has 0 saturated carbocycles. The molecule has 2 aliphatic heterocycles. The summed E-state index contributed by atoms with van der Waals surface area (Å²) in [5.74, 6) is -1.53. The zero-order valence-electron chi connectivity index (χ0n) is 22.2. The highest BCUT2D eigenvalue weighted by molar-refractivity contribution is 8.00. The highest BCUT2D eigenvalue weighted by Gasteiger charge is 2.56. The summed E-state index contributed by atoms with van der Waals surface area (Å²) in [6, 6.07) is 6.66. The topological polar surface area (TPSA) is 123 Å². The summed E-state index contributed by atoms with van der Waals surface area (Å²) < 4.78 is 16.3. The van der Waals surface area contributed by atoms with Crippen molar-refractivity contribution in [2.75, 3.05) is 13.7 Å². The third kappa shape index (κ3) is 6.64. The van der Waals surface area contributed by atoms with Crippen LogP contribution in [0, 0.1) is 5.92 Å². The van der Waals surface area contributed by atoms with E-state index in [-0.39, 0.29) is 18.2 Å². The van der Waals surface area contributed by atoms with E-state index in [2.05, 4.69) is 10.6 Å². The van der Waals surface area contributed by atoms with Crippen LogP contribution >= 0.6 is 11.8 Å². The number of alkyl carbamates (subject to hydrolysis) is 1. The Labute approximate surface area is 221 Å². The highest BCUT2D eigenvalue weighted by Crippen LogP contribution is 2.45. The Balaban J connectivity index is 1.80. The molecule has 0 radical (unpaired) electrons. The van der Waals surface area contributed by atoms with Gasteiger partial charge < -0.3 is 24.8 Å². The quantitative estimate of drug-likeness (QED) is 0.386. The predicted molar refractivity (Wildman–Crippen MR) is 138 cm³/mol. The highest BCUT2D eigenvalue weighted by atomic mass is 32.2. The van der Waals surface area contributed by atoms with Crippen LogP contribution in [0.2, 0.25) is 0 Å². The van der Waals surface area contributed by atoms with Crippen molar-refractivity contribution in [2.24, 2.45) is 5.92 Å². The molecule has 1 fully saturated rings. The average molecular weight is 534 g/mol. The zero-order chi connectivity index (χ0) is 27.5. The van der Waals surface area contributed by atoms with Gasteiger partial charge in [-0.1, -0.05) is 55.9 Å². The SMILES string of the molecule is CO[C@H]1S[C@@H]2[C@@H](NC(=O)C(NC(=O)OCC(C)C)c3ccccc3)C(=O)N2C(C(=O)OC(C)(C)C)=C1C. The summed E-state index contributed by atoms with van der Waals surface area (Å²) in [6.07, 6.45) is -0.739. The van der Waals surface area contributed by atoms with Crippen molar-refractivity contribution in [3.8, 4) is 0 Å². The van der Waals surface area contributed by atoms with Gasteiger partial charge in [-0.3, -0.25) is 14.5 Å². The van der Waals surface area contributed by atoms with Crippen molar-refractivity contribution in [2.45, 2.75) is 70.0 Å². The van der Waals surface area contributed by atoms with Crippen molar-refractivity contribution in [3.05, 3.63) is 47.2 Å². The first-order valence-electron chi connectivity index (χ1n) is 12.1. The number of β-lactam (4-membered cyclic amide) rings is 1. The molecule has 1 saturated heterocycles. The maximum absolute atomic E-state index is 13.4. The number of hydrogen-bond acceptors (Lipinski definition) is 8. The molecule has 10 nitrogen and oxygen atoms in total. The fourth-order valence-electron chi connectivity index (χ4n) is 3.91. The molecule has 1 unspecified atom stereocenters. The van der Waals surface area contributed by atoms with Gasteiger partial charge in [0.1, 0.15) is 34.2 Å². The van der Waals surface area contributed by atoms with E-state index in [4.69, 9.17) is 14.2 Å². The van der Waals surface area contributed by atoms with E-state index in [1.54, 1.807) is 58.0 Å². The zero-order valence-corrected chi connectivity index (χ0v) is 23.0. The molecule has 0 spiro atoms. The van der Waals surface area contributed by atoms with E-state index in [0.29, 0.717) is 11.1 Å². The molecule has 37 heavy (non-hydrogen) atoms. The van der Waals surface area contributed by atoms with Crippen LogP contribution in [0.3, 0.4) is 0 Å². The van der Waals surface area contributed by atoms with Crippen LogP contribution in [-0.4, -0.2) is 64.9 Å². The Morgan fingerprint density at radius 3 is 2.35 bits per heavy atom. The lowest BCUT2D eigenvalue weighted by Gasteiger charge is -2.51. The van der Waals surface area contributed by atoms with Crippen LogP contribution in [0.15, 0.2) is 41.6 Å². The number of fused-ring (bicyclic) bond motifs is 1. The molecule has 0 bridgehead atoms. The second-order valence-electron chi connectivity index (χ2n) is 10.3. The molecule has 2 N–H and O–H groups in total. The third-order valence-electron chi connectivity index (χ3n) is 5.58. The first-order chi connectivity index (χ1) is 17.3. The number of esters is 1. The van der Waals surface area contributed by atoms with Gasteiger partial charge in [-0.05, 0) is 44.7 Å². The number of benzene rings is 1. The smallest absolute Gasteiger partial charge is 0.408 e. The van der Waals surface area contributed by atoms with Gasteiger partial charge in [0, 0.05) is 7.11 Å². The van der Waals surface area contributed by atoms with Crippen LogP contribution < -0.4 is 10.6 Å². The Kier molecular flexibility index (Phi) is 8.91. The van der Waals surface area contributed by atoms with Crippen LogP contribution in [0.5, 0.6) is 0 Å². The van der Waals surface area contributed by atoms with E-state index in [1.807, 2.05) is 13.8 Å². The fraction of sp³-hybridized carbons (Fsp3) is 0.538. The molecular formula is C26H35N3O7S. The second kappa shape index (κ2) is 11.6. The number of thioether (sulfide) groups is 1. The first-order valence-corrected chi connectivity index (χ1v) is 13.0. The van der Waals surface area contributed by atoms with Crippen molar-refractivity contribution < 1.29 is 33.4 Å². The average Bonchev–Trinajstić information content (AvgIpc) is 2.83. The van der Waals surface area contributed by atoms with Crippen LogP contribution in [0.25, 0.3) is 0 Å². The summed E-state index contributed by atoms with van der Waals surface area (Å²) >= 11 is 1.31. The second-order valence-corrected chi connectivity index (χ2v) is 11.5. The van der Waals surface area contributed by atoms with Crippen molar-refractivity contribution in [3.63, 3.8) is 0 Å². The van der Waals surface area contributed by atoms with Gasteiger partial charge in [0.2, 0.25) is 5.91 Å². The Hall–Kier alpha value is -3.05. The molecule has 202 valence electrons. The first kappa shape index (κ1) is 28.5. The molecule has 11 heteroatoms. The van der Waals surface area contributed by atoms with Gasteiger partial charge >= 0.3 is 12.1 Å². The fourth-order valence-corrected chi connectivity index (χ4v) is 5.26. The Morgan fingerprint density at radius 2 is 1.78 bits per heavy atom. The van der Waals surface area contributed by atoms with Crippen molar-refractivity contribution in [1.29, 1.82) is 0 Å². The van der Waals surface area contributed by atoms with Gasteiger partial charge in [0.15, 0.2) is 0 Å². The maximum Gasteiger partial charge on any atom is 0.408 e. The molecule has 3 rings (SSSR count). The van der Waals surface area contributed by atoms with Crippen LogP contribution in [0.4, 0.5) is 4.79 Å². The predicted octanol–water partition coefficient (Wildman–Crippen LogP) is 3.10. The molecule has 3 amide bonds. The molecule has 2 aliphatic rings. The summed E-state index contributed by atoms with van der Waals surface area (Å²) in [6.45, 7) is 10.9. The Morgan fingerprint density at radius 1 is 1.14 bits per heavy atom. The van der Waals surface area contributed by atoms with E-state index in [0.717, 1.165) is 0 Å². The van der Waals surface area contributed by atoms with Crippen LogP contribution in [0.1, 0.15) is 53.1 Å². The van der Waals surface area contributed by atoms with Crippen molar-refractivity contribution in [1.82, 2.24) is 15.5 Å². The van der Waals surface area contributed by atoms with Gasteiger partial charge in [-0.2, -0.15) is 0 Å². The molecule has 0 aliphatic carbocycles. The Bertz CT molecular complexity index is 1070. The number of carbonyl (C=O) groups excluding carboxylic acids is 4. The summed E-state index contributed by atoms with van der Waals surface area (Å²) in [7, 11) is 1.51. The normalized spacial score (nSPS) is 22.1. The van der Waals surface area contributed by atoms with Gasteiger partial charge in [0.05, 0.1) is 6.61 Å². The molecule has 1 aromatic carbocycles. The lowest BCUT2D eigenvalue weighted by atomic mass is 10.0. The van der Waals surface area contributed by atoms with Gasteiger partial charge in [-0.15, -0.1) is 0 Å². The lowest BCUT2D eigenvalue weighted by molar-refractivity contribution is -0.159. The molecule has 1 aromatic rings. The van der Waals surface area contributed by atoms with Crippen molar-refractivity contribution >= 4 is 35.6 Å². The minimum absolute atomic E-state index is 0.121. The maximum atomic E-state index is 13.4. The minimum Gasteiger partial charge on any atom is -0.455 e. The van der Waals surface area contributed by atoms with E-state index >= 15 is 0 Å². The largest absolute Gasteiger partial charge is 0.455 e. The molecular weight excluding hydrogens is 498 g/mol. The molecule has 2 heterocycles. The lowest BCUT2D eigenvalue weighted by Crippen LogP contribution is -2.71. The number of hydrogen-bond donors (Lipinski definition) is 2. The summed E-state index contributed by atoms with van der Waals surface area (Å²) in [5, 5.41) is 4.76. The van der Waals surface area contributed by atoms with E-state index in [9.17, 15) is 19.2 Å². The summed E-state index contributed by atoms with van der Waals surface area (Å²) in [5.41, 5.74) is -0.0524. The minimum atomic E-state index is -1.09. The number of ether oxygens (including phenoxy) is 3. The van der Waals surface area contributed by atoms with E-state index < -0.39 is 52.4 Å². The third-order valence-corrected chi connectivity index (χ3v) is 7.14. The monoisotopic (exact) mass is 533 g/mol. The van der Waals surface area contributed by atoms with Crippen LogP contribution in [-0.2, 0) is 28.6 Å².